The summed E-state index contributed by atoms with van der Waals surface area (Å²) in [5.74, 6) is 0.241. The van der Waals surface area contributed by atoms with Gasteiger partial charge in [0.2, 0.25) is 0 Å². The predicted octanol–water partition coefficient (Wildman–Crippen LogP) is 0.904. The summed E-state index contributed by atoms with van der Waals surface area (Å²) < 4.78 is 11.8. The second kappa shape index (κ2) is 8.55. The average Bonchev–Trinajstić information content (AvgIpc) is 3.13. The number of pyridine rings is 1. The Kier molecular flexibility index (Phi) is 5.89. The van der Waals surface area contributed by atoms with Crippen LogP contribution in [0.2, 0.25) is 0 Å². The highest BCUT2D eigenvalue weighted by Crippen LogP contribution is 2.31. The number of likely N-dealkylation sites (N-methyl/N-ethyl adjacent to an activating group) is 1. The molecule has 4 rings (SSSR count). The van der Waals surface area contributed by atoms with E-state index in [1.165, 1.54) is 0 Å². The number of para-hydroxylation sites is 1. The number of benzene rings is 1. The number of aliphatic hydroxyl groups excluding tert-OH is 1. The van der Waals surface area contributed by atoms with Gasteiger partial charge in [-0.2, -0.15) is 0 Å². The van der Waals surface area contributed by atoms with Crippen LogP contribution in [0.3, 0.4) is 0 Å². The largest absolute Gasteiger partial charge is 0.508 e. The molecule has 0 saturated carbocycles. The van der Waals surface area contributed by atoms with E-state index in [0.29, 0.717) is 13.2 Å². The number of hydrogen-bond donors (Lipinski definition) is 3. The molecule has 0 radical (unpaired) electrons. The lowest BCUT2D eigenvalue weighted by Crippen LogP contribution is -2.63. The van der Waals surface area contributed by atoms with Crippen molar-refractivity contribution in [3.8, 4) is 5.75 Å². The van der Waals surface area contributed by atoms with E-state index in [1.807, 2.05) is 37.4 Å². The minimum absolute atomic E-state index is 0.203. The van der Waals surface area contributed by atoms with E-state index in [0.717, 1.165) is 24.2 Å². The number of fused-ring (bicyclic) bond motifs is 2. The zero-order valence-electron chi connectivity index (χ0n) is 15.9. The summed E-state index contributed by atoms with van der Waals surface area (Å²) in [6, 6.07) is 12.5. The van der Waals surface area contributed by atoms with E-state index < -0.39 is 12.4 Å². The fourth-order valence-electron chi connectivity index (χ4n) is 4.00. The number of rotatable bonds is 7. The molecule has 0 aliphatic carbocycles. The molecule has 150 valence electrons. The van der Waals surface area contributed by atoms with Crippen molar-refractivity contribution in [2.75, 3.05) is 20.2 Å². The maximum absolute atomic E-state index is 11.1. The monoisotopic (exact) mass is 385 g/mol. The van der Waals surface area contributed by atoms with Crippen LogP contribution in [-0.4, -0.2) is 70.9 Å². The molecule has 2 saturated heterocycles. The summed E-state index contributed by atoms with van der Waals surface area (Å²) in [5.41, 5.74) is 1.80. The Bertz CT molecular complexity index is 775. The molecule has 2 aromatic rings. The summed E-state index contributed by atoms with van der Waals surface area (Å²) >= 11 is 0. The van der Waals surface area contributed by atoms with Crippen molar-refractivity contribution in [3.05, 3.63) is 59.9 Å². The van der Waals surface area contributed by atoms with Crippen molar-refractivity contribution in [3.63, 3.8) is 0 Å². The maximum atomic E-state index is 11.1. The number of nitrogens with one attached hydrogen (secondary N) is 1. The van der Waals surface area contributed by atoms with Gasteiger partial charge in [0.1, 0.15) is 11.9 Å². The van der Waals surface area contributed by atoms with E-state index >= 15 is 0 Å². The normalized spacial score (nSPS) is 29.3. The minimum Gasteiger partial charge on any atom is -0.508 e. The number of aromatic hydroxyl groups is 1. The molecule has 3 N–H and O–H groups in total. The van der Waals surface area contributed by atoms with Gasteiger partial charge in [0.05, 0.1) is 24.8 Å². The van der Waals surface area contributed by atoms with Crippen molar-refractivity contribution in [1.29, 1.82) is 0 Å². The highest BCUT2D eigenvalue weighted by Gasteiger charge is 2.51. The molecule has 0 spiro atoms. The highest BCUT2D eigenvalue weighted by atomic mass is 16.7. The minimum atomic E-state index is -0.647. The van der Waals surface area contributed by atoms with Crippen molar-refractivity contribution in [1.82, 2.24) is 15.2 Å². The first kappa shape index (κ1) is 19.3. The fourth-order valence-corrected chi connectivity index (χ4v) is 4.00. The summed E-state index contributed by atoms with van der Waals surface area (Å²) in [4.78, 5) is 6.44. The van der Waals surface area contributed by atoms with E-state index in [1.54, 1.807) is 18.3 Å². The molecule has 2 aliphatic rings. The van der Waals surface area contributed by atoms with E-state index in [2.05, 4.69) is 15.2 Å². The van der Waals surface area contributed by atoms with Crippen molar-refractivity contribution >= 4 is 0 Å². The van der Waals surface area contributed by atoms with E-state index in [-0.39, 0.29) is 23.9 Å². The number of hydrogen-bond acceptors (Lipinski definition) is 7. The number of phenols is 1. The lowest BCUT2D eigenvalue weighted by atomic mass is 9.94. The molecule has 28 heavy (non-hydrogen) atoms. The summed E-state index contributed by atoms with van der Waals surface area (Å²) in [5, 5.41) is 24.4. The van der Waals surface area contributed by atoms with Gasteiger partial charge in [0.25, 0.3) is 0 Å². The molecule has 3 heterocycles. The SMILES string of the molecule is CN(CCc1ccccn1)[C@H]1[C@@H]2OC[C@@H](O2)[C@@H](NCc2ccccc2O)[C@@H]1O. The number of phenolic OH excluding ortho intramolecular Hbond substituents is 1. The zero-order chi connectivity index (χ0) is 19.5. The van der Waals surface area contributed by atoms with Crippen molar-refractivity contribution in [2.45, 2.75) is 43.5 Å². The molecule has 7 heteroatoms. The Hall–Kier alpha value is -2.03. The Labute approximate surface area is 164 Å². The van der Waals surface area contributed by atoms with Gasteiger partial charge in [-0.15, -0.1) is 0 Å². The second-order valence-electron chi connectivity index (χ2n) is 7.44. The third kappa shape index (κ3) is 4.04. The molecule has 0 unspecified atom stereocenters. The van der Waals surface area contributed by atoms with Crippen molar-refractivity contribution < 1.29 is 19.7 Å². The maximum Gasteiger partial charge on any atom is 0.176 e. The second-order valence-corrected chi connectivity index (χ2v) is 7.44. The molecule has 1 aromatic carbocycles. The lowest BCUT2D eigenvalue weighted by molar-refractivity contribution is -0.178. The third-order valence-electron chi connectivity index (χ3n) is 5.61. The summed E-state index contributed by atoms with van der Waals surface area (Å²) in [6.07, 6.45) is 1.29. The molecule has 2 fully saturated rings. The molecule has 0 amide bonds. The van der Waals surface area contributed by atoms with Crippen LogP contribution in [0.4, 0.5) is 0 Å². The Balaban J connectivity index is 1.41. The van der Waals surface area contributed by atoms with E-state index in [4.69, 9.17) is 9.47 Å². The summed E-state index contributed by atoms with van der Waals surface area (Å²) in [7, 11) is 1.97. The first-order valence-corrected chi connectivity index (χ1v) is 9.69. The van der Waals surface area contributed by atoms with Crippen LogP contribution in [-0.2, 0) is 22.4 Å². The standard InChI is InChI=1S/C21H27N3O4/c1-24(11-9-15-7-4-5-10-22-15)19-20(26)18(17-13-27-21(19)28-17)23-12-14-6-2-3-8-16(14)25/h2-8,10,17-21,23,25-26H,9,11-13H2,1H3/t17-,18-,19-,20+,21-/m1/s1. The van der Waals surface area contributed by atoms with Gasteiger partial charge >= 0.3 is 0 Å². The van der Waals surface area contributed by atoms with Gasteiger partial charge in [0, 0.05) is 37.0 Å². The first-order valence-electron chi connectivity index (χ1n) is 9.69. The van der Waals surface area contributed by atoms with Crippen LogP contribution in [0.1, 0.15) is 11.3 Å². The lowest BCUT2D eigenvalue weighted by Gasteiger charge is -2.42. The third-order valence-corrected chi connectivity index (χ3v) is 5.61. The molecule has 2 bridgehead atoms. The van der Waals surface area contributed by atoms with Crippen LogP contribution < -0.4 is 5.32 Å². The van der Waals surface area contributed by atoms with Gasteiger partial charge in [-0.05, 0) is 25.2 Å². The van der Waals surface area contributed by atoms with Gasteiger partial charge in [-0.3, -0.25) is 9.88 Å². The first-order chi connectivity index (χ1) is 13.6. The number of nitrogens with zero attached hydrogens (tertiary/aromatic N) is 2. The summed E-state index contributed by atoms with van der Waals surface area (Å²) in [6.45, 7) is 1.63. The van der Waals surface area contributed by atoms with Gasteiger partial charge in [-0.1, -0.05) is 24.3 Å². The molecular weight excluding hydrogens is 358 g/mol. The number of ether oxygens (including phenoxy) is 2. The van der Waals surface area contributed by atoms with Gasteiger partial charge in [0.15, 0.2) is 6.29 Å². The quantitative estimate of drug-likeness (QED) is 0.653. The van der Waals surface area contributed by atoms with Crippen LogP contribution in [0.15, 0.2) is 48.7 Å². The molecule has 5 atom stereocenters. The Morgan fingerprint density at radius 1 is 1.21 bits per heavy atom. The molecular formula is C21H27N3O4. The smallest absolute Gasteiger partial charge is 0.176 e. The van der Waals surface area contributed by atoms with Gasteiger partial charge < -0.3 is 25.0 Å². The fraction of sp³-hybridized carbons (Fsp3) is 0.476. The van der Waals surface area contributed by atoms with Gasteiger partial charge in [-0.25, -0.2) is 0 Å². The Morgan fingerprint density at radius 2 is 2.04 bits per heavy atom. The molecule has 1 aromatic heterocycles. The zero-order valence-corrected chi connectivity index (χ0v) is 15.9. The van der Waals surface area contributed by atoms with Crippen LogP contribution in [0.25, 0.3) is 0 Å². The number of aromatic nitrogens is 1. The predicted molar refractivity (Wildman–Crippen MR) is 104 cm³/mol. The van der Waals surface area contributed by atoms with Crippen molar-refractivity contribution in [2.24, 2.45) is 0 Å². The van der Waals surface area contributed by atoms with Crippen LogP contribution >= 0.6 is 0 Å². The average molecular weight is 385 g/mol. The molecule has 7 nitrogen and oxygen atoms in total. The molecule has 2 aliphatic heterocycles. The van der Waals surface area contributed by atoms with E-state index in [9.17, 15) is 10.2 Å². The topological polar surface area (TPSA) is 87.1 Å². The Morgan fingerprint density at radius 3 is 2.82 bits per heavy atom. The number of aliphatic hydroxyl groups is 1. The highest BCUT2D eigenvalue weighted by molar-refractivity contribution is 5.31. The van der Waals surface area contributed by atoms with Crippen LogP contribution in [0.5, 0.6) is 5.75 Å². The van der Waals surface area contributed by atoms with Crippen LogP contribution in [0, 0.1) is 0 Å².